The standard InChI is InChI=1S/C32H37N5O6/c1-32(2,3)43-31(38)33-21-8-10-22(11-9-21)36-12-6-7-20(17-36)19-41-26-13-23(39-4)14-27-24(26)15-28(42-27)25-18-37-29(34-25)16-30(35-37)40-5/h8-11,13-15,18,20H,6-7,12,16-17,19H2,1-5H3,(H,33,38). The van der Waals surface area contributed by atoms with E-state index in [1.165, 1.54) is 0 Å². The second-order valence-corrected chi connectivity index (χ2v) is 11.8. The van der Waals surface area contributed by atoms with Crippen molar-refractivity contribution in [2.45, 2.75) is 45.6 Å². The number of furan rings is 1. The Bertz CT molecular complexity index is 1650. The molecule has 1 unspecified atom stereocenters. The Morgan fingerprint density at radius 3 is 2.65 bits per heavy atom. The van der Waals surface area contributed by atoms with E-state index >= 15 is 0 Å². The van der Waals surface area contributed by atoms with Crippen LogP contribution in [0.15, 0.2) is 58.2 Å². The van der Waals surface area contributed by atoms with Crippen molar-refractivity contribution in [1.29, 1.82) is 0 Å². The first-order chi connectivity index (χ1) is 20.7. The van der Waals surface area contributed by atoms with E-state index in [1.807, 2.05) is 69.4 Å². The topological polar surface area (TPSA) is 113 Å². The van der Waals surface area contributed by atoms with Gasteiger partial charge in [0, 0.05) is 42.5 Å². The number of hydrogen-bond donors (Lipinski definition) is 1. The molecule has 43 heavy (non-hydrogen) atoms. The van der Waals surface area contributed by atoms with Crippen LogP contribution < -0.4 is 19.7 Å². The second kappa shape index (κ2) is 11.5. The third-order valence-corrected chi connectivity index (χ3v) is 7.46. The number of amides is 1. The predicted octanol–water partition coefficient (Wildman–Crippen LogP) is 6.31. The fourth-order valence-corrected chi connectivity index (χ4v) is 5.41. The number of piperidine rings is 1. The van der Waals surface area contributed by atoms with Gasteiger partial charge in [-0.2, -0.15) is 0 Å². The lowest BCUT2D eigenvalue weighted by Gasteiger charge is -2.34. The Morgan fingerprint density at radius 1 is 1.12 bits per heavy atom. The first-order valence-electron chi connectivity index (χ1n) is 14.5. The van der Waals surface area contributed by atoms with E-state index in [9.17, 15) is 4.79 Å². The number of benzene rings is 2. The van der Waals surface area contributed by atoms with E-state index in [1.54, 1.807) is 18.9 Å². The van der Waals surface area contributed by atoms with Crippen LogP contribution in [-0.2, 0) is 15.9 Å². The number of fused-ring (bicyclic) bond motifs is 2. The summed E-state index contributed by atoms with van der Waals surface area (Å²) in [4.78, 5) is 19.2. The van der Waals surface area contributed by atoms with Gasteiger partial charge in [-0.1, -0.05) is 0 Å². The van der Waals surface area contributed by atoms with Gasteiger partial charge < -0.3 is 28.3 Å². The summed E-state index contributed by atoms with van der Waals surface area (Å²) in [5, 5.41) is 8.05. The van der Waals surface area contributed by atoms with Gasteiger partial charge in [0.25, 0.3) is 0 Å². The van der Waals surface area contributed by atoms with Crippen molar-refractivity contribution < 1.29 is 28.2 Å². The molecule has 226 valence electrons. The SMILES string of the molecule is COC1=Nn2cc(-c3cc4c(OCC5CCCN(c6ccc(NC(=O)OC(C)(C)C)cc6)C5)cc(OC)cc4o3)nc2C1. The van der Waals surface area contributed by atoms with Gasteiger partial charge in [-0.3, -0.25) is 5.32 Å². The summed E-state index contributed by atoms with van der Waals surface area (Å²) in [5.41, 5.74) is 2.63. The van der Waals surface area contributed by atoms with Gasteiger partial charge in [-0.05, 0) is 63.9 Å². The van der Waals surface area contributed by atoms with E-state index in [0.29, 0.717) is 59.1 Å². The van der Waals surface area contributed by atoms with E-state index in [4.69, 9.17) is 23.4 Å². The number of carbonyl (C=O) groups excluding carboxylic acids is 1. The first-order valence-corrected chi connectivity index (χ1v) is 14.5. The summed E-state index contributed by atoms with van der Waals surface area (Å²) in [7, 11) is 3.24. The molecule has 2 aromatic heterocycles. The summed E-state index contributed by atoms with van der Waals surface area (Å²) in [5.74, 6) is 3.79. The van der Waals surface area contributed by atoms with Gasteiger partial charge >= 0.3 is 6.09 Å². The van der Waals surface area contributed by atoms with Gasteiger partial charge in [-0.25, -0.2) is 14.5 Å². The molecule has 2 aliphatic heterocycles. The fourth-order valence-electron chi connectivity index (χ4n) is 5.41. The molecule has 0 aliphatic carbocycles. The molecule has 0 bridgehead atoms. The lowest BCUT2D eigenvalue weighted by Crippen LogP contribution is -2.37. The zero-order valence-electron chi connectivity index (χ0n) is 25.2. The van der Waals surface area contributed by atoms with Gasteiger partial charge in [0.05, 0.1) is 38.8 Å². The Morgan fingerprint density at radius 2 is 1.93 bits per heavy atom. The maximum absolute atomic E-state index is 12.1. The Labute approximate surface area is 250 Å². The van der Waals surface area contributed by atoms with Crippen molar-refractivity contribution in [3.8, 4) is 23.0 Å². The molecule has 0 radical (unpaired) electrons. The maximum atomic E-state index is 12.1. The highest BCUT2D eigenvalue weighted by Crippen LogP contribution is 2.37. The molecule has 1 N–H and O–H groups in total. The summed E-state index contributed by atoms with van der Waals surface area (Å²) >= 11 is 0. The zero-order chi connectivity index (χ0) is 30.1. The number of aromatic nitrogens is 2. The Balaban J connectivity index is 1.12. The average Bonchev–Trinajstić information content (AvgIpc) is 3.68. The van der Waals surface area contributed by atoms with Crippen LogP contribution >= 0.6 is 0 Å². The van der Waals surface area contributed by atoms with Gasteiger partial charge in [0.15, 0.2) is 5.76 Å². The predicted molar refractivity (Wildman–Crippen MR) is 164 cm³/mol. The molecule has 2 aromatic carbocycles. The summed E-state index contributed by atoms with van der Waals surface area (Å²) < 4.78 is 30.5. The largest absolute Gasteiger partial charge is 0.496 e. The van der Waals surface area contributed by atoms with Crippen LogP contribution in [0.5, 0.6) is 11.5 Å². The number of anilines is 2. The number of imidazole rings is 1. The van der Waals surface area contributed by atoms with Gasteiger partial charge in [0.2, 0.25) is 5.90 Å². The van der Waals surface area contributed by atoms with Crippen molar-refractivity contribution >= 4 is 34.3 Å². The van der Waals surface area contributed by atoms with Crippen LogP contribution in [0.3, 0.4) is 0 Å². The van der Waals surface area contributed by atoms with E-state index < -0.39 is 11.7 Å². The minimum absolute atomic E-state index is 0.338. The van der Waals surface area contributed by atoms with Crippen LogP contribution in [0.4, 0.5) is 16.2 Å². The Hall–Kier alpha value is -4.67. The number of ether oxygens (including phenoxy) is 4. The van der Waals surface area contributed by atoms with Crippen LogP contribution in [0.2, 0.25) is 0 Å². The molecule has 2 aliphatic rings. The Kier molecular flexibility index (Phi) is 7.64. The summed E-state index contributed by atoms with van der Waals surface area (Å²) in [6.45, 7) is 7.92. The fraction of sp³-hybridized carbons (Fsp3) is 0.406. The molecule has 1 atom stereocenters. The van der Waals surface area contributed by atoms with E-state index in [2.05, 4.69) is 20.3 Å². The monoisotopic (exact) mass is 587 g/mol. The van der Waals surface area contributed by atoms with Crippen molar-refractivity contribution in [2.24, 2.45) is 11.0 Å². The number of rotatable bonds is 7. The first kappa shape index (κ1) is 28.4. The maximum Gasteiger partial charge on any atom is 0.412 e. The smallest absolute Gasteiger partial charge is 0.412 e. The summed E-state index contributed by atoms with van der Waals surface area (Å²) in [6.07, 6.45) is 4.06. The van der Waals surface area contributed by atoms with Crippen LogP contribution in [0, 0.1) is 5.92 Å². The molecular formula is C32H37N5O6. The van der Waals surface area contributed by atoms with Crippen molar-refractivity contribution in [2.75, 3.05) is 44.1 Å². The molecular weight excluding hydrogens is 550 g/mol. The summed E-state index contributed by atoms with van der Waals surface area (Å²) in [6, 6.07) is 13.6. The lowest BCUT2D eigenvalue weighted by atomic mass is 9.98. The molecule has 1 saturated heterocycles. The highest BCUT2D eigenvalue weighted by molar-refractivity contribution is 5.89. The van der Waals surface area contributed by atoms with Gasteiger partial charge in [-0.15, -0.1) is 5.10 Å². The third kappa shape index (κ3) is 6.40. The number of carbonyl (C=O) groups is 1. The minimum Gasteiger partial charge on any atom is -0.496 e. The van der Waals surface area contributed by atoms with Gasteiger partial charge in [0.1, 0.15) is 34.2 Å². The molecule has 1 amide bonds. The lowest BCUT2D eigenvalue weighted by molar-refractivity contribution is 0.0636. The zero-order valence-corrected chi connectivity index (χ0v) is 25.2. The second-order valence-electron chi connectivity index (χ2n) is 11.8. The number of nitrogens with zero attached hydrogens (tertiary/aromatic N) is 4. The number of nitrogens with one attached hydrogen (secondary N) is 1. The van der Waals surface area contributed by atoms with Crippen LogP contribution in [0.25, 0.3) is 22.4 Å². The molecule has 0 spiro atoms. The van der Waals surface area contributed by atoms with Crippen molar-refractivity contribution in [3.63, 3.8) is 0 Å². The normalized spacial score (nSPS) is 16.5. The number of methoxy groups -OCH3 is 2. The number of hydrogen-bond acceptors (Lipinski definition) is 9. The molecule has 0 saturated carbocycles. The highest BCUT2D eigenvalue weighted by atomic mass is 16.6. The van der Waals surface area contributed by atoms with E-state index in [0.717, 1.165) is 42.8 Å². The van der Waals surface area contributed by atoms with Crippen molar-refractivity contribution in [3.05, 3.63) is 54.5 Å². The van der Waals surface area contributed by atoms with Crippen LogP contribution in [-0.4, -0.2) is 61.2 Å². The van der Waals surface area contributed by atoms with Crippen LogP contribution in [0.1, 0.15) is 39.4 Å². The molecule has 6 rings (SSSR count). The third-order valence-electron chi connectivity index (χ3n) is 7.46. The minimum atomic E-state index is -0.546. The van der Waals surface area contributed by atoms with E-state index in [-0.39, 0.29) is 0 Å². The molecule has 4 aromatic rings. The van der Waals surface area contributed by atoms with Crippen molar-refractivity contribution in [1.82, 2.24) is 9.66 Å². The quantitative estimate of drug-likeness (QED) is 0.268. The molecule has 11 nitrogen and oxygen atoms in total. The average molecular weight is 588 g/mol. The molecule has 4 heterocycles. The highest BCUT2D eigenvalue weighted by Gasteiger charge is 2.24. The molecule has 11 heteroatoms. The molecule has 1 fully saturated rings.